The van der Waals surface area contributed by atoms with Gasteiger partial charge in [-0.25, -0.2) is 0 Å². The fraction of sp³-hybridized carbons (Fsp3) is 1.00. The second-order valence-corrected chi connectivity index (χ2v) is 4.25. The van der Waals surface area contributed by atoms with Crippen molar-refractivity contribution in [1.82, 2.24) is 4.90 Å². The van der Waals surface area contributed by atoms with E-state index in [1.807, 2.05) is 0 Å². The van der Waals surface area contributed by atoms with Gasteiger partial charge in [0.1, 0.15) is 0 Å². The minimum Gasteiger partial charge on any atom is -0.396 e. The summed E-state index contributed by atoms with van der Waals surface area (Å²) in [6.07, 6.45) is 6.41. The second kappa shape index (κ2) is 5.61. The molecule has 0 spiro atoms. The van der Waals surface area contributed by atoms with Crippen molar-refractivity contribution in [2.45, 2.75) is 45.1 Å². The quantitative estimate of drug-likeness (QED) is 0.725. The topological polar surface area (TPSA) is 23.5 Å². The normalized spacial score (nSPS) is 28.4. The predicted octanol–water partition coefficient (Wildman–Crippen LogP) is 1.88. The molecule has 2 unspecified atom stereocenters. The SMILES string of the molecule is CCC(CO)C1CCCCCN1C. The number of nitrogens with zero attached hydrogens (tertiary/aromatic N) is 1. The number of rotatable bonds is 3. The third kappa shape index (κ3) is 2.96. The summed E-state index contributed by atoms with van der Waals surface area (Å²) in [6, 6.07) is 0.623. The third-order valence-corrected chi connectivity index (χ3v) is 3.38. The number of hydrogen-bond donors (Lipinski definition) is 1. The van der Waals surface area contributed by atoms with Gasteiger partial charge in [0, 0.05) is 12.6 Å². The van der Waals surface area contributed by atoms with Crippen molar-refractivity contribution in [3.8, 4) is 0 Å². The highest BCUT2D eigenvalue weighted by Crippen LogP contribution is 2.23. The van der Waals surface area contributed by atoms with E-state index < -0.39 is 0 Å². The molecule has 0 saturated carbocycles. The molecule has 0 amide bonds. The van der Waals surface area contributed by atoms with Gasteiger partial charge in [0.2, 0.25) is 0 Å². The largest absolute Gasteiger partial charge is 0.396 e. The van der Waals surface area contributed by atoms with Gasteiger partial charge in [-0.05, 0) is 38.8 Å². The number of hydrogen-bond acceptors (Lipinski definition) is 2. The summed E-state index contributed by atoms with van der Waals surface area (Å²) >= 11 is 0. The lowest BCUT2D eigenvalue weighted by Gasteiger charge is -2.31. The van der Waals surface area contributed by atoms with E-state index in [9.17, 15) is 5.11 Å². The molecule has 1 aliphatic rings. The fourth-order valence-corrected chi connectivity index (χ4v) is 2.40. The lowest BCUT2D eigenvalue weighted by atomic mass is 9.93. The Kier molecular flexibility index (Phi) is 4.74. The Balaban J connectivity index is 2.51. The maximum Gasteiger partial charge on any atom is 0.0474 e. The highest BCUT2D eigenvalue weighted by atomic mass is 16.3. The van der Waals surface area contributed by atoms with E-state index in [-0.39, 0.29) is 0 Å². The number of aliphatic hydroxyl groups is 1. The zero-order chi connectivity index (χ0) is 9.68. The molecule has 0 bridgehead atoms. The first-order valence-electron chi connectivity index (χ1n) is 5.60. The van der Waals surface area contributed by atoms with Crippen LogP contribution in [0, 0.1) is 5.92 Å². The molecule has 1 aliphatic heterocycles. The average molecular weight is 185 g/mol. The molecule has 0 aromatic carbocycles. The van der Waals surface area contributed by atoms with Crippen LogP contribution in [0.5, 0.6) is 0 Å². The van der Waals surface area contributed by atoms with Crippen molar-refractivity contribution in [3.63, 3.8) is 0 Å². The zero-order valence-corrected chi connectivity index (χ0v) is 9.00. The van der Waals surface area contributed by atoms with Crippen LogP contribution in [0.2, 0.25) is 0 Å². The zero-order valence-electron chi connectivity index (χ0n) is 9.00. The first-order valence-corrected chi connectivity index (χ1v) is 5.60. The van der Waals surface area contributed by atoms with Crippen LogP contribution in [0.3, 0.4) is 0 Å². The van der Waals surface area contributed by atoms with Gasteiger partial charge in [0.05, 0.1) is 0 Å². The Morgan fingerprint density at radius 3 is 2.77 bits per heavy atom. The van der Waals surface area contributed by atoms with E-state index in [0.29, 0.717) is 18.6 Å². The summed E-state index contributed by atoms with van der Waals surface area (Å²) in [5.41, 5.74) is 0. The molecule has 1 N–H and O–H groups in total. The summed E-state index contributed by atoms with van der Waals surface area (Å²) in [4.78, 5) is 2.44. The van der Waals surface area contributed by atoms with Crippen LogP contribution in [-0.4, -0.2) is 36.2 Å². The van der Waals surface area contributed by atoms with Crippen molar-refractivity contribution in [1.29, 1.82) is 0 Å². The molecule has 78 valence electrons. The average Bonchev–Trinajstić information content (AvgIpc) is 2.34. The molecular weight excluding hydrogens is 162 g/mol. The Morgan fingerprint density at radius 2 is 2.15 bits per heavy atom. The number of aliphatic hydroxyl groups excluding tert-OH is 1. The second-order valence-electron chi connectivity index (χ2n) is 4.25. The van der Waals surface area contributed by atoms with Crippen LogP contribution in [0.25, 0.3) is 0 Å². The molecule has 2 atom stereocenters. The minimum atomic E-state index is 0.353. The maximum absolute atomic E-state index is 9.26. The standard InChI is InChI=1S/C11H23NO/c1-3-10(9-13)11-7-5-4-6-8-12(11)2/h10-11,13H,3-9H2,1-2H3. The monoisotopic (exact) mass is 185 g/mol. The molecule has 0 radical (unpaired) electrons. The predicted molar refractivity (Wildman–Crippen MR) is 55.8 cm³/mol. The van der Waals surface area contributed by atoms with Gasteiger partial charge in [0.25, 0.3) is 0 Å². The maximum atomic E-state index is 9.26. The van der Waals surface area contributed by atoms with Gasteiger partial charge in [-0.1, -0.05) is 19.8 Å². The van der Waals surface area contributed by atoms with Crippen molar-refractivity contribution in [2.24, 2.45) is 5.92 Å². The molecule has 1 fully saturated rings. The van der Waals surface area contributed by atoms with Crippen molar-refractivity contribution in [2.75, 3.05) is 20.2 Å². The molecule has 0 aliphatic carbocycles. The Labute approximate surface area is 81.9 Å². The molecule has 0 aromatic heterocycles. The molecule has 1 heterocycles. The van der Waals surface area contributed by atoms with Crippen LogP contribution >= 0.6 is 0 Å². The number of likely N-dealkylation sites (tertiary alicyclic amines) is 1. The summed E-state index contributed by atoms with van der Waals surface area (Å²) in [7, 11) is 2.20. The molecule has 2 nitrogen and oxygen atoms in total. The van der Waals surface area contributed by atoms with Gasteiger partial charge in [0.15, 0.2) is 0 Å². The molecular formula is C11H23NO. The van der Waals surface area contributed by atoms with Gasteiger partial charge in [-0.3, -0.25) is 0 Å². The van der Waals surface area contributed by atoms with Gasteiger partial charge in [-0.15, -0.1) is 0 Å². The lowest BCUT2D eigenvalue weighted by molar-refractivity contribution is 0.114. The Bertz CT molecular complexity index is 134. The van der Waals surface area contributed by atoms with E-state index in [1.54, 1.807) is 0 Å². The highest BCUT2D eigenvalue weighted by molar-refractivity contribution is 4.78. The van der Waals surface area contributed by atoms with Gasteiger partial charge >= 0.3 is 0 Å². The van der Waals surface area contributed by atoms with Crippen LogP contribution in [-0.2, 0) is 0 Å². The van der Waals surface area contributed by atoms with Crippen molar-refractivity contribution < 1.29 is 5.11 Å². The molecule has 2 heteroatoms. The first-order chi connectivity index (χ1) is 6.29. The summed E-state index contributed by atoms with van der Waals surface area (Å²) in [5.74, 6) is 0.489. The first kappa shape index (κ1) is 11.0. The van der Waals surface area contributed by atoms with E-state index in [4.69, 9.17) is 0 Å². The lowest BCUT2D eigenvalue weighted by Crippen LogP contribution is -2.38. The molecule has 1 saturated heterocycles. The van der Waals surface area contributed by atoms with Crippen molar-refractivity contribution >= 4 is 0 Å². The van der Waals surface area contributed by atoms with Gasteiger partial charge < -0.3 is 10.0 Å². The van der Waals surface area contributed by atoms with Crippen LogP contribution in [0.4, 0.5) is 0 Å². The van der Waals surface area contributed by atoms with Crippen molar-refractivity contribution in [3.05, 3.63) is 0 Å². The highest BCUT2D eigenvalue weighted by Gasteiger charge is 2.24. The van der Waals surface area contributed by atoms with E-state index in [2.05, 4.69) is 18.9 Å². The third-order valence-electron chi connectivity index (χ3n) is 3.38. The minimum absolute atomic E-state index is 0.353. The fourth-order valence-electron chi connectivity index (χ4n) is 2.40. The van der Waals surface area contributed by atoms with Crippen LogP contribution < -0.4 is 0 Å². The van der Waals surface area contributed by atoms with E-state index in [1.165, 1.54) is 32.2 Å². The summed E-state index contributed by atoms with van der Waals surface area (Å²) < 4.78 is 0. The molecule has 13 heavy (non-hydrogen) atoms. The van der Waals surface area contributed by atoms with Crippen LogP contribution in [0.15, 0.2) is 0 Å². The van der Waals surface area contributed by atoms with Crippen LogP contribution in [0.1, 0.15) is 39.0 Å². The molecule has 0 aromatic rings. The Hall–Kier alpha value is -0.0800. The van der Waals surface area contributed by atoms with Gasteiger partial charge in [-0.2, -0.15) is 0 Å². The summed E-state index contributed by atoms with van der Waals surface area (Å²) in [6.45, 7) is 3.74. The van der Waals surface area contributed by atoms with E-state index >= 15 is 0 Å². The smallest absolute Gasteiger partial charge is 0.0474 e. The summed E-state index contributed by atoms with van der Waals surface area (Å²) in [5, 5.41) is 9.26. The van der Waals surface area contributed by atoms with E-state index in [0.717, 1.165) is 6.42 Å². The molecule has 1 rings (SSSR count). The Morgan fingerprint density at radius 1 is 1.38 bits per heavy atom.